The lowest BCUT2D eigenvalue weighted by atomic mass is 9.68. The van der Waals surface area contributed by atoms with Crippen molar-refractivity contribution in [3.8, 4) is 0 Å². The molecule has 2 aromatic rings. The summed E-state index contributed by atoms with van der Waals surface area (Å²) in [6, 6.07) is 5.83. The van der Waals surface area contributed by atoms with Crippen LogP contribution in [0.3, 0.4) is 0 Å². The fourth-order valence-electron chi connectivity index (χ4n) is 3.49. The standard InChI is InChI=1S/C19H12BrCl2F4NO2/c1-29-17(28)15-16(9-2-3-14(23)13(20)4-9)27-8-18(15,19(24,25)26)10-5-11(21)7-12(22)6-10/h2-8,15-16H,1H3. The predicted molar refractivity (Wildman–Crippen MR) is 105 cm³/mol. The number of halogens is 7. The SMILES string of the molecule is COC(=O)C1C(c2ccc(F)c(Br)c2)N=CC1(c1cc(Cl)cc(Cl)c1)C(F)(F)F. The van der Waals surface area contributed by atoms with Gasteiger partial charge in [0.25, 0.3) is 0 Å². The minimum absolute atomic E-state index is 0.0267. The first-order valence-electron chi connectivity index (χ1n) is 8.11. The Morgan fingerprint density at radius 3 is 2.31 bits per heavy atom. The Morgan fingerprint density at radius 2 is 1.79 bits per heavy atom. The highest BCUT2D eigenvalue weighted by Crippen LogP contribution is 2.55. The number of nitrogens with zero attached hydrogens (tertiary/aromatic N) is 1. The average Bonchev–Trinajstić information content (AvgIpc) is 3.04. The second-order valence-electron chi connectivity index (χ2n) is 6.42. The number of aliphatic imine (C=N–C) groups is 1. The molecule has 154 valence electrons. The molecule has 3 nitrogen and oxygen atoms in total. The maximum Gasteiger partial charge on any atom is 0.404 e. The molecule has 0 N–H and O–H groups in total. The quantitative estimate of drug-likeness (QED) is 0.357. The Bertz CT molecular complexity index is 978. The molecule has 0 aromatic heterocycles. The van der Waals surface area contributed by atoms with Crippen molar-refractivity contribution >= 4 is 51.3 Å². The molecule has 1 heterocycles. The van der Waals surface area contributed by atoms with Crippen LogP contribution < -0.4 is 0 Å². The van der Waals surface area contributed by atoms with E-state index in [0.717, 1.165) is 25.3 Å². The zero-order valence-electron chi connectivity index (χ0n) is 14.6. The Hall–Kier alpha value is -1.64. The number of carbonyl (C=O) groups is 1. The summed E-state index contributed by atoms with van der Waals surface area (Å²) in [6.07, 6.45) is -4.26. The van der Waals surface area contributed by atoms with Crippen LogP contribution in [0.4, 0.5) is 17.6 Å². The van der Waals surface area contributed by atoms with Gasteiger partial charge < -0.3 is 4.74 Å². The van der Waals surface area contributed by atoms with Crippen LogP contribution in [0.1, 0.15) is 17.2 Å². The van der Waals surface area contributed by atoms with E-state index in [2.05, 4.69) is 20.9 Å². The van der Waals surface area contributed by atoms with E-state index in [1.54, 1.807) is 0 Å². The second kappa shape index (κ2) is 7.89. The fraction of sp³-hybridized carbons (Fsp3) is 0.263. The zero-order chi connectivity index (χ0) is 21.6. The van der Waals surface area contributed by atoms with E-state index >= 15 is 0 Å². The Kier molecular flexibility index (Phi) is 6.00. The van der Waals surface area contributed by atoms with Crippen molar-refractivity contribution in [2.75, 3.05) is 7.11 Å². The molecule has 1 aliphatic rings. The second-order valence-corrected chi connectivity index (χ2v) is 8.15. The van der Waals surface area contributed by atoms with Crippen LogP contribution in [0.2, 0.25) is 10.0 Å². The molecule has 0 spiro atoms. The molecule has 1 aliphatic heterocycles. The molecule has 0 fully saturated rings. The smallest absolute Gasteiger partial charge is 0.404 e. The highest BCUT2D eigenvalue weighted by Gasteiger charge is 2.67. The van der Waals surface area contributed by atoms with Crippen LogP contribution in [0.25, 0.3) is 0 Å². The van der Waals surface area contributed by atoms with Gasteiger partial charge in [0, 0.05) is 16.3 Å². The van der Waals surface area contributed by atoms with Crippen molar-refractivity contribution in [1.29, 1.82) is 0 Å². The Morgan fingerprint density at radius 1 is 1.17 bits per heavy atom. The van der Waals surface area contributed by atoms with Crippen LogP contribution in [0.15, 0.2) is 45.9 Å². The first-order chi connectivity index (χ1) is 13.5. The fourth-order valence-corrected chi connectivity index (χ4v) is 4.41. The minimum atomic E-state index is -4.94. The van der Waals surface area contributed by atoms with E-state index in [4.69, 9.17) is 27.9 Å². The van der Waals surface area contributed by atoms with Gasteiger partial charge in [-0.05, 0) is 57.4 Å². The highest BCUT2D eigenvalue weighted by molar-refractivity contribution is 9.10. The number of benzene rings is 2. The summed E-state index contributed by atoms with van der Waals surface area (Å²) in [5.74, 6) is -3.53. The van der Waals surface area contributed by atoms with Gasteiger partial charge in [0.05, 0.1) is 17.6 Å². The van der Waals surface area contributed by atoms with Gasteiger partial charge >= 0.3 is 12.1 Å². The Balaban J connectivity index is 2.26. The monoisotopic (exact) mass is 511 g/mol. The molecule has 3 atom stereocenters. The highest BCUT2D eigenvalue weighted by atomic mass is 79.9. The number of esters is 1. The maximum atomic E-state index is 14.5. The number of alkyl halides is 3. The minimum Gasteiger partial charge on any atom is -0.469 e. The largest absolute Gasteiger partial charge is 0.469 e. The predicted octanol–water partition coefficient (Wildman–Crippen LogP) is 6.31. The van der Waals surface area contributed by atoms with E-state index in [0.29, 0.717) is 6.21 Å². The molecule has 0 saturated heterocycles. The van der Waals surface area contributed by atoms with Crippen LogP contribution in [-0.4, -0.2) is 25.5 Å². The zero-order valence-corrected chi connectivity index (χ0v) is 17.7. The van der Waals surface area contributed by atoms with Gasteiger partial charge in [0.2, 0.25) is 0 Å². The third-order valence-electron chi connectivity index (χ3n) is 4.79. The molecular weight excluding hydrogens is 501 g/mol. The van der Waals surface area contributed by atoms with Gasteiger partial charge in [-0.3, -0.25) is 9.79 Å². The lowest BCUT2D eigenvalue weighted by Gasteiger charge is -2.36. The van der Waals surface area contributed by atoms with Crippen molar-refractivity contribution in [3.05, 3.63) is 67.9 Å². The number of carbonyl (C=O) groups excluding carboxylic acids is 1. The van der Waals surface area contributed by atoms with Crippen molar-refractivity contribution in [3.63, 3.8) is 0 Å². The summed E-state index contributed by atoms with van der Waals surface area (Å²) in [4.78, 5) is 16.6. The summed E-state index contributed by atoms with van der Waals surface area (Å²) in [7, 11) is 0.990. The van der Waals surface area contributed by atoms with Crippen LogP contribution in [0, 0.1) is 11.7 Å². The third-order valence-corrected chi connectivity index (χ3v) is 5.84. The number of hydrogen-bond donors (Lipinski definition) is 0. The van der Waals surface area contributed by atoms with Crippen LogP contribution in [0.5, 0.6) is 0 Å². The molecule has 0 bridgehead atoms. The van der Waals surface area contributed by atoms with Gasteiger partial charge in [-0.15, -0.1) is 0 Å². The number of ether oxygens (including phenoxy) is 1. The van der Waals surface area contributed by atoms with Gasteiger partial charge in [-0.25, -0.2) is 4.39 Å². The summed E-state index contributed by atoms with van der Waals surface area (Å²) in [6.45, 7) is 0. The lowest BCUT2D eigenvalue weighted by Crippen LogP contribution is -2.51. The normalized spacial score (nSPS) is 24.0. The van der Waals surface area contributed by atoms with Gasteiger partial charge in [-0.1, -0.05) is 29.3 Å². The van der Waals surface area contributed by atoms with Gasteiger partial charge in [0.15, 0.2) is 0 Å². The van der Waals surface area contributed by atoms with E-state index in [1.807, 2.05) is 0 Å². The van der Waals surface area contributed by atoms with E-state index in [9.17, 15) is 22.4 Å². The summed E-state index contributed by atoms with van der Waals surface area (Å²) < 4.78 is 61.8. The first-order valence-corrected chi connectivity index (χ1v) is 9.66. The van der Waals surface area contributed by atoms with Crippen molar-refractivity contribution < 1.29 is 27.1 Å². The topological polar surface area (TPSA) is 38.7 Å². The van der Waals surface area contributed by atoms with E-state index < -0.39 is 35.3 Å². The first kappa shape index (κ1) is 22.1. The van der Waals surface area contributed by atoms with Crippen molar-refractivity contribution in [2.24, 2.45) is 10.9 Å². The maximum absolute atomic E-state index is 14.5. The van der Waals surface area contributed by atoms with Crippen LogP contribution in [-0.2, 0) is 14.9 Å². The summed E-state index contributed by atoms with van der Waals surface area (Å²) in [5.41, 5.74) is -2.96. The molecular formula is C19H12BrCl2F4NO2. The van der Waals surface area contributed by atoms with Gasteiger partial charge in [-0.2, -0.15) is 13.2 Å². The molecule has 3 unspecified atom stereocenters. The number of rotatable bonds is 3. The Labute approximate surface area is 181 Å². The van der Waals surface area contributed by atoms with E-state index in [-0.39, 0.29) is 25.6 Å². The molecule has 29 heavy (non-hydrogen) atoms. The molecule has 3 rings (SSSR count). The number of hydrogen-bond acceptors (Lipinski definition) is 3. The molecule has 0 aliphatic carbocycles. The number of methoxy groups -OCH3 is 1. The molecule has 10 heteroatoms. The summed E-state index contributed by atoms with van der Waals surface area (Å²) in [5, 5.41) is -0.0535. The molecule has 0 radical (unpaired) electrons. The molecule has 0 saturated carbocycles. The third kappa shape index (κ3) is 3.78. The lowest BCUT2D eigenvalue weighted by molar-refractivity contribution is -0.191. The van der Waals surface area contributed by atoms with E-state index in [1.165, 1.54) is 18.2 Å². The molecule has 0 amide bonds. The van der Waals surface area contributed by atoms with Crippen molar-refractivity contribution in [2.45, 2.75) is 17.6 Å². The van der Waals surface area contributed by atoms with Crippen LogP contribution >= 0.6 is 39.1 Å². The average molecular weight is 513 g/mol. The summed E-state index contributed by atoms with van der Waals surface area (Å²) >= 11 is 14.9. The van der Waals surface area contributed by atoms with Gasteiger partial charge in [0.1, 0.15) is 17.2 Å². The van der Waals surface area contributed by atoms with Crippen molar-refractivity contribution in [1.82, 2.24) is 0 Å². The molecule has 2 aromatic carbocycles.